The molecule has 6 rings (SSSR count). The fourth-order valence-corrected chi connectivity index (χ4v) is 5.81. The van der Waals surface area contributed by atoms with Crippen molar-refractivity contribution >= 4 is 78.8 Å². The normalized spacial score (nSPS) is 9.78. The number of aldehydes is 1. The summed E-state index contributed by atoms with van der Waals surface area (Å²) in [6, 6.07) is 31.9. The van der Waals surface area contributed by atoms with E-state index in [0.717, 1.165) is 33.4 Å². The summed E-state index contributed by atoms with van der Waals surface area (Å²) in [6.45, 7) is 6.46. The van der Waals surface area contributed by atoms with E-state index in [1.54, 1.807) is 45.2 Å². The zero-order valence-corrected chi connectivity index (χ0v) is 31.9. The lowest BCUT2D eigenvalue weighted by atomic mass is 10.1. The number of fused-ring (bicyclic) bond motifs is 2. The zero-order chi connectivity index (χ0) is 37.4. The highest BCUT2D eigenvalue weighted by molar-refractivity contribution is 7.17. The van der Waals surface area contributed by atoms with Crippen molar-refractivity contribution in [1.29, 1.82) is 0 Å². The lowest BCUT2D eigenvalue weighted by Crippen LogP contribution is -2.45. The molecule has 12 heteroatoms. The van der Waals surface area contributed by atoms with Crippen molar-refractivity contribution in [3.8, 4) is 0 Å². The summed E-state index contributed by atoms with van der Waals surface area (Å²) < 4.78 is 2.38. The van der Waals surface area contributed by atoms with Crippen LogP contribution in [0.4, 0.5) is 17.1 Å². The Kier molecular flexibility index (Phi) is 19.8. The van der Waals surface area contributed by atoms with Gasteiger partial charge < -0.3 is 20.7 Å². The first-order valence-electron chi connectivity index (χ1n) is 16.6. The Morgan fingerprint density at radius 3 is 1.88 bits per heavy atom. The van der Waals surface area contributed by atoms with E-state index < -0.39 is 5.91 Å². The average molecular weight is 728 g/mol. The van der Waals surface area contributed by atoms with Crippen LogP contribution in [-0.2, 0) is 20.8 Å². The Hall–Kier alpha value is -5.17. The number of nitrogens with zero attached hydrogens (tertiary/aromatic N) is 5. The van der Waals surface area contributed by atoms with Gasteiger partial charge >= 0.3 is 0 Å². The van der Waals surface area contributed by atoms with Crippen molar-refractivity contribution in [2.45, 2.75) is 33.6 Å². The van der Waals surface area contributed by atoms with E-state index in [4.69, 9.17) is 5.73 Å². The number of benzene rings is 4. The Labute approximate surface area is 309 Å². The van der Waals surface area contributed by atoms with Gasteiger partial charge in [0.05, 0.1) is 50.2 Å². The summed E-state index contributed by atoms with van der Waals surface area (Å²) in [4.78, 5) is 42.0. The summed E-state index contributed by atoms with van der Waals surface area (Å²) in [5, 5.41) is 5.88. The standard InChI is InChI=1S/C11H15N3O2.C9H10N2S.C9H12.C8H6N2OS.C2H6/c1-13(9-11(12)16)14(7-8-15)10-5-3-2-4-6-10;1-11(2)7-3-4-9-8(5-7)10-6-12-9;1-2-6-9-7-4-3-5-8-9;11-4-9-6-1-2-8-7(3-6)10-5-12-8;1-2/h2-6,8H,7,9H2,1H3,(H2,12,16);3-6H,1-2H3;3-5,7-8H,2,6H2,1H3;1-5H,(H,9,11);1-2H3. The second-order valence-electron chi connectivity index (χ2n) is 10.8. The number of primary amides is 1. The number of carbonyl (C=O) groups is 3. The third kappa shape index (κ3) is 15.1. The Bertz CT molecular complexity index is 1850. The first-order valence-corrected chi connectivity index (χ1v) is 18.3. The molecule has 2 heterocycles. The van der Waals surface area contributed by atoms with Crippen LogP contribution in [0.5, 0.6) is 0 Å². The van der Waals surface area contributed by atoms with Crippen molar-refractivity contribution in [3.63, 3.8) is 0 Å². The molecule has 6 aromatic rings. The van der Waals surface area contributed by atoms with E-state index in [-0.39, 0.29) is 13.1 Å². The van der Waals surface area contributed by atoms with Crippen molar-refractivity contribution in [3.05, 3.63) is 114 Å². The molecule has 0 bridgehead atoms. The largest absolute Gasteiger partial charge is 0.378 e. The topological polar surface area (TPSA) is 125 Å². The molecular weight excluding hydrogens is 679 g/mol. The summed E-state index contributed by atoms with van der Waals surface area (Å²) in [6.07, 6.45) is 3.89. The van der Waals surface area contributed by atoms with Gasteiger partial charge in [-0.1, -0.05) is 75.7 Å². The molecule has 0 atom stereocenters. The van der Waals surface area contributed by atoms with E-state index in [2.05, 4.69) is 75.6 Å². The predicted octanol–water partition coefficient (Wildman–Crippen LogP) is 7.92. The van der Waals surface area contributed by atoms with Crippen LogP contribution in [0.25, 0.3) is 20.4 Å². The minimum absolute atomic E-state index is 0.0722. The van der Waals surface area contributed by atoms with Crippen molar-refractivity contribution in [1.82, 2.24) is 15.0 Å². The highest BCUT2D eigenvalue weighted by Crippen LogP contribution is 2.23. The monoisotopic (exact) mass is 727 g/mol. The van der Waals surface area contributed by atoms with E-state index in [1.807, 2.05) is 82.0 Å². The van der Waals surface area contributed by atoms with Crippen LogP contribution in [0.2, 0.25) is 0 Å². The Morgan fingerprint density at radius 1 is 0.784 bits per heavy atom. The van der Waals surface area contributed by atoms with Gasteiger partial charge in [0.15, 0.2) is 0 Å². The van der Waals surface area contributed by atoms with Crippen LogP contribution in [0.15, 0.2) is 108 Å². The molecule has 0 unspecified atom stereocenters. The Morgan fingerprint density at radius 2 is 1.35 bits per heavy atom. The molecule has 2 aromatic heterocycles. The van der Waals surface area contributed by atoms with Gasteiger partial charge in [-0.05, 0) is 60.5 Å². The van der Waals surface area contributed by atoms with E-state index in [9.17, 15) is 14.4 Å². The molecule has 0 radical (unpaired) electrons. The molecule has 51 heavy (non-hydrogen) atoms. The van der Waals surface area contributed by atoms with Gasteiger partial charge in [0.25, 0.3) is 0 Å². The Balaban J connectivity index is 0.000000235. The summed E-state index contributed by atoms with van der Waals surface area (Å²) in [5.41, 5.74) is 15.1. The third-order valence-electron chi connectivity index (χ3n) is 6.87. The van der Waals surface area contributed by atoms with Gasteiger partial charge in [0, 0.05) is 32.5 Å². The molecule has 0 aliphatic rings. The van der Waals surface area contributed by atoms with Crippen LogP contribution >= 0.6 is 22.7 Å². The number of nitrogens with two attached hydrogens (primary N) is 1. The lowest BCUT2D eigenvalue weighted by Gasteiger charge is -2.31. The third-order valence-corrected chi connectivity index (χ3v) is 8.49. The van der Waals surface area contributed by atoms with Crippen LogP contribution in [0.3, 0.4) is 0 Å². The smallest absolute Gasteiger partial charge is 0.233 e. The summed E-state index contributed by atoms with van der Waals surface area (Å²) >= 11 is 3.26. The van der Waals surface area contributed by atoms with Gasteiger partial charge in [0.1, 0.15) is 6.29 Å². The molecule has 0 aliphatic carbocycles. The lowest BCUT2D eigenvalue weighted by molar-refractivity contribution is -0.119. The number of likely N-dealkylation sites (N-methyl/N-ethyl adjacent to an activating group) is 1. The number of aryl methyl sites for hydroxylation is 1. The number of para-hydroxylation sites is 1. The fourth-order valence-electron chi connectivity index (χ4n) is 4.50. The van der Waals surface area contributed by atoms with Crippen molar-refractivity contribution in [2.24, 2.45) is 5.73 Å². The second kappa shape index (κ2) is 24.1. The van der Waals surface area contributed by atoms with Crippen LogP contribution < -0.4 is 21.0 Å². The molecular formula is C39H49N7O3S2. The molecule has 0 fully saturated rings. The molecule has 270 valence electrons. The van der Waals surface area contributed by atoms with Crippen molar-refractivity contribution < 1.29 is 14.4 Å². The molecule has 0 spiro atoms. The zero-order valence-electron chi connectivity index (χ0n) is 30.2. The van der Waals surface area contributed by atoms with E-state index in [1.165, 1.54) is 28.8 Å². The first-order chi connectivity index (χ1) is 24.7. The number of carbonyl (C=O) groups excluding carboxylic acids is 3. The van der Waals surface area contributed by atoms with E-state index in [0.29, 0.717) is 6.41 Å². The highest BCUT2D eigenvalue weighted by Gasteiger charge is 2.13. The molecule has 3 N–H and O–H groups in total. The maximum absolute atomic E-state index is 10.8. The number of hydrogen-bond donors (Lipinski definition) is 2. The minimum atomic E-state index is -0.436. The number of thiazole rings is 2. The van der Waals surface area contributed by atoms with Crippen LogP contribution in [-0.4, -0.2) is 67.8 Å². The fraction of sp³-hybridized carbons (Fsp3) is 0.256. The molecule has 0 aliphatic heterocycles. The number of amides is 2. The van der Waals surface area contributed by atoms with Gasteiger partial charge in [-0.3, -0.25) is 14.6 Å². The van der Waals surface area contributed by atoms with E-state index >= 15 is 0 Å². The summed E-state index contributed by atoms with van der Waals surface area (Å²) in [5.74, 6) is -0.436. The quantitative estimate of drug-likeness (QED) is 0.102. The maximum Gasteiger partial charge on any atom is 0.233 e. The van der Waals surface area contributed by atoms with Crippen LogP contribution in [0.1, 0.15) is 32.8 Å². The number of aromatic nitrogens is 2. The van der Waals surface area contributed by atoms with Crippen molar-refractivity contribution in [2.75, 3.05) is 49.5 Å². The molecule has 10 nitrogen and oxygen atoms in total. The van der Waals surface area contributed by atoms with Gasteiger partial charge in [0.2, 0.25) is 12.3 Å². The SMILES string of the molecule is CC.CCCc1ccccc1.CN(C)c1ccc2scnc2c1.CN(CC(N)=O)N(CC=O)c1ccccc1.O=CNc1ccc2scnc2c1. The van der Waals surface area contributed by atoms with Gasteiger partial charge in [-0.2, -0.15) is 0 Å². The highest BCUT2D eigenvalue weighted by atomic mass is 32.1. The molecule has 0 saturated carbocycles. The van der Waals surface area contributed by atoms with Gasteiger partial charge in [-0.25, -0.2) is 15.0 Å². The average Bonchev–Trinajstić information content (AvgIpc) is 3.82. The second-order valence-corrected chi connectivity index (χ2v) is 12.6. The number of hydrazine groups is 1. The number of nitrogens with one attached hydrogen (secondary N) is 1. The predicted molar refractivity (Wildman–Crippen MR) is 217 cm³/mol. The number of rotatable bonds is 11. The molecule has 4 aromatic carbocycles. The number of hydrogen-bond acceptors (Lipinski definition) is 10. The molecule has 0 saturated heterocycles. The van der Waals surface area contributed by atoms with Gasteiger partial charge in [-0.15, -0.1) is 22.7 Å². The minimum Gasteiger partial charge on any atom is -0.378 e. The molecule has 2 amide bonds. The van der Waals surface area contributed by atoms with Crippen LogP contribution in [0, 0.1) is 0 Å². The first kappa shape index (κ1) is 42.0. The summed E-state index contributed by atoms with van der Waals surface area (Å²) in [7, 11) is 5.78. The maximum atomic E-state index is 10.8. The number of anilines is 3.